The monoisotopic (exact) mass is 274 g/mol. The maximum atomic E-state index is 13.4. The predicted octanol–water partition coefficient (Wildman–Crippen LogP) is 1.88. The number of sulfonamides is 1. The average Bonchev–Trinajstić information content (AvgIpc) is 2.29. The lowest BCUT2D eigenvalue weighted by molar-refractivity contribution is 0.593. The Morgan fingerprint density at radius 2 is 2.00 bits per heavy atom. The van der Waals surface area contributed by atoms with Crippen molar-refractivity contribution < 1.29 is 12.8 Å². The van der Waals surface area contributed by atoms with Crippen LogP contribution in [-0.2, 0) is 10.0 Å². The van der Waals surface area contributed by atoms with E-state index in [1.54, 1.807) is 13.0 Å². The van der Waals surface area contributed by atoms with Gasteiger partial charge in [-0.3, -0.25) is 4.72 Å². The summed E-state index contributed by atoms with van der Waals surface area (Å²) >= 11 is 0. The van der Waals surface area contributed by atoms with Crippen LogP contribution in [0.25, 0.3) is 0 Å². The highest BCUT2D eigenvalue weighted by molar-refractivity contribution is 7.92. The molecule has 18 heavy (non-hydrogen) atoms. The molecule has 0 bridgehead atoms. The summed E-state index contributed by atoms with van der Waals surface area (Å²) < 4.78 is 39.1. The second-order valence-corrected chi connectivity index (χ2v) is 6.00. The molecule has 1 rings (SSSR count). The Labute approximate surface area is 108 Å². The molecule has 0 atom stereocenters. The molecule has 0 aromatic heterocycles. The summed E-state index contributed by atoms with van der Waals surface area (Å²) in [5.74, 6) is -0.633. The first-order chi connectivity index (χ1) is 8.44. The third kappa shape index (κ3) is 5.01. The van der Waals surface area contributed by atoms with Crippen molar-refractivity contribution in [1.82, 2.24) is 5.32 Å². The molecule has 0 aliphatic heterocycles. The van der Waals surface area contributed by atoms with Gasteiger partial charge in [0.25, 0.3) is 0 Å². The van der Waals surface area contributed by atoms with Crippen LogP contribution in [0.5, 0.6) is 0 Å². The molecule has 1 aromatic rings. The highest BCUT2D eigenvalue weighted by atomic mass is 32.2. The Morgan fingerprint density at radius 3 is 2.67 bits per heavy atom. The predicted molar refractivity (Wildman–Crippen MR) is 71.7 cm³/mol. The molecule has 0 saturated heterocycles. The van der Waals surface area contributed by atoms with Crippen molar-refractivity contribution in [2.45, 2.75) is 20.3 Å². The van der Waals surface area contributed by atoms with Gasteiger partial charge in [-0.05, 0) is 37.6 Å². The minimum atomic E-state index is -3.51. The van der Waals surface area contributed by atoms with Gasteiger partial charge in [0.05, 0.1) is 11.4 Å². The van der Waals surface area contributed by atoms with E-state index in [1.165, 1.54) is 12.1 Å². The Hall–Kier alpha value is -1.14. The number of hydrogen-bond acceptors (Lipinski definition) is 3. The minimum Gasteiger partial charge on any atom is -0.316 e. The lowest BCUT2D eigenvalue weighted by Crippen LogP contribution is -2.27. The maximum absolute atomic E-state index is 13.4. The molecule has 0 spiro atoms. The molecule has 1 aromatic carbocycles. The van der Waals surface area contributed by atoms with Gasteiger partial charge in [0.15, 0.2) is 0 Å². The van der Waals surface area contributed by atoms with E-state index in [-0.39, 0.29) is 11.4 Å². The van der Waals surface area contributed by atoms with E-state index in [2.05, 4.69) is 10.0 Å². The number of hydrogen-bond donors (Lipinski definition) is 2. The van der Waals surface area contributed by atoms with E-state index in [0.29, 0.717) is 6.54 Å². The quantitative estimate of drug-likeness (QED) is 0.746. The second-order valence-electron chi connectivity index (χ2n) is 4.15. The molecule has 4 nitrogen and oxygen atoms in total. The number of benzene rings is 1. The molecule has 2 N–H and O–H groups in total. The van der Waals surface area contributed by atoms with E-state index < -0.39 is 15.8 Å². The Morgan fingerprint density at radius 1 is 1.28 bits per heavy atom. The molecule has 0 fully saturated rings. The van der Waals surface area contributed by atoms with Crippen molar-refractivity contribution in [2.75, 3.05) is 23.6 Å². The van der Waals surface area contributed by atoms with E-state index in [4.69, 9.17) is 0 Å². The number of anilines is 1. The first-order valence-corrected chi connectivity index (χ1v) is 7.57. The number of rotatable bonds is 7. The molecule has 102 valence electrons. The fourth-order valence-electron chi connectivity index (χ4n) is 1.44. The van der Waals surface area contributed by atoms with E-state index >= 15 is 0 Å². The number of nitrogens with one attached hydrogen (secondary N) is 2. The van der Waals surface area contributed by atoms with Gasteiger partial charge in [-0.25, -0.2) is 12.8 Å². The zero-order chi connectivity index (χ0) is 13.6. The van der Waals surface area contributed by atoms with Gasteiger partial charge in [-0.2, -0.15) is 0 Å². The summed E-state index contributed by atoms with van der Waals surface area (Å²) in [6.07, 6.45) is 0.944. The van der Waals surface area contributed by atoms with E-state index in [1.807, 2.05) is 6.92 Å². The van der Waals surface area contributed by atoms with Crippen LogP contribution in [0, 0.1) is 12.7 Å². The van der Waals surface area contributed by atoms with E-state index in [9.17, 15) is 12.8 Å². The molecule has 0 saturated carbocycles. The van der Waals surface area contributed by atoms with E-state index in [0.717, 1.165) is 18.5 Å². The Balaban J connectivity index is 2.62. The van der Waals surface area contributed by atoms with Crippen molar-refractivity contribution >= 4 is 15.7 Å². The molecule has 0 heterocycles. The second kappa shape index (κ2) is 6.70. The third-order valence-corrected chi connectivity index (χ3v) is 3.63. The van der Waals surface area contributed by atoms with Crippen molar-refractivity contribution in [3.8, 4) is 0 Å². The normalized spacial score (nSPS) is 11.5. The Kier molecular flexibility index (Phi) is 5.55. The zero-order valence-electron chi connectivity index (χ0n) is 10.7. The number of aryl methyl sites for hydroxylation is 1. The van der Waals surface area contributed by atoms with Crippen LogP contribution < -0.4 is 10.0 Å². The summed E-state index contributed by atoms with van der Waals surface area (Å²) in [6.45, 7) is 4.91. The highest BCUT2D eigenvalue weighted by Crippen LogP contribution is 2.16. The lowest BCUT2D eigenvalue weighted by Gasteiger charge is -2.10. The Bertz CT molecular complexity index is 489. The van der Waals surface area contributed by atoms with Gasteiger partial charge in [-0.1, -0.05) is 13.0 Å². The van der Waals surface area contributed by atoms with Gasteiger partial charge in [0.2, 0.25) is 10.0 Å². The summed E-state index contributed by atoms with van der Waals surface area (Å²) in [5.41, 5.74) is 0.809. The summed E-state index contributed by atoms with van der Waals surface area (Å²) in [4.78, 5) is 0. The third-order valence-electron chi connectivity index (χ3n) is 2.36. The molecule has 6 heteroatoms. The summed E-state index contributed by atoms with van der Waals surface area (Å²) in [7, 11) is -3.51. The van der Waals surface area contributed by atoms with Crippen LogP contribution in [0.15, 0.2) is 18.2 Å². The number of halogens is 1. The van der Waals surface area contributed by atoms with Gasteiger partial charge < -0.3 is 5.32 Å². The van der Waals surface area contributed by atoms with Crippen molar-refractivity contribution in [3.05, 3.63) is 29.6 Å². The zero-order valence-corrected chi connectivity index (χ0v) is 11.5. The molecule has 0 unspecified atom stereocenters. The topological polar surface area (TPSA) is 58.2 Å². The van der Waals surface area contributed by atoms with Gasteiger partial charge in [0.1, 0.15) is 5.82 Å². The average molecular weight is 274 g/mol. The van der Waals surface area contributed by atoms with Gasteiger partial charge in [-0.15, -0.1) is 0 Å². The molecular formula is C12H19FN2O2S. The highest BCUT2D eigenvalue weighted by Gasteiger charge is 2.12. The van der Waals surface area contributed by atoms with Crippen LogP contribution in [-0.4, -0.2) is 27.3 Å². The molecular weight excluding hydrogens is 255 g/mol. The fraction of sp³-hybridized carbons (Fsp3) is 0.500. The fourth-order valence-corrected chi connectivity index (χ4v) is 2.45. The van der Waals surface area contributed by atoms with Crippen molar-refractivity contribution in [3.63, 3.8) is 0 Å². The van der Waals surface area contributed by atoms with Gasteiger partial charge >= 0.3 is 0 Å². The molecule has 0 aliphatic carbocycles. The standard InChI is InChI=1S/C12H19FN2O2S/c1-3-6-14-7-8-18(16,17)15-12-9-10(2)4-5-11(12)13/h4-5,9,14-15H,3,6-8H2,1-2H3. The first-order valence-electron chi connectivity index (χ1n) is 5.92. The summed E-state index contributed by atoms with van der Waals surface area (Å²) in [6, 6.07) is 4.32. The SMILES string of the molecule is CCCNCCS(=O)(=O)Nc1cc(C)ccc1F. The van der Waals surface area contributed by atoms with Crippen LogP contribution in [0.4, 0.5) is 10.1 Å². The summed E-state index contributed by atoms with van der Waals surface area (Å²) in [5, 5.41) is 2.99. The van der Waals surface area contributed by atoms with Crippen LogP contribution in [0.1, 0.15) is 18.9 Å². The molecule has 0 aliphatic rings. The minimum absolute atomic E-state index is 0.00508. The van der Waals surface area contributed by atoms with Crippen LogP contribution >= 0.6 is 0 Å². The first kappa shape index (κ1) is 14.9. The maximum Gasteiger partial charge on any atom is 0.234 e. The lowest BCUT2D eigenvalue weighted by atomic mass is 10.2. The molecule has 0 amide bonds. The van der Waals surface area contributed by atoms with Crippen LogP contribution in [0.3, 0.4) is 0 Å². The largest absolute Gasteiger partial charge is 0.316 e. The van der Waals surface area contributed by atoms with Crippen molar-refractivity contribution in [2.24, 2.45) is 0 Å². The van der Waals surface area contributed by atoms with Gasteiger partial charge in [0, 0.05) is 6.54 Å². The van der Waals surface area contributed by atoms with Crippen LogP contribution in [0.2, 0.25) is 0 Å². The van der Waals surface area contributed by atoms with Crippen molar-refractivity contribution in [1.29, 1.82) is 0 Å². The smallest absolute Gasteiger partial charge is 0.234 e. The molecule has 0 radical (unpaired) electrons.